The molecule has 5 nitrogen and oxygen atoms in total. The van der Waals surface area contributed by atoms with Gasteiger partial charge in [0.25, 0.3) is 15.9 Å². The highest BCUT2D eigenvalue weighted by atomic mass is 32.2. The third-order valence-electron chi connectivity index (χ3n) is 4.41. The molecular weight excluding hydrogens is 374 g/mol. The molecule has 0 saturated carbocycles. The van der Waals surface area contributed by atoms with Crippen molar-refractivity contribution in [1.29, 1.82) is 0 Å². The lowest BCUT2D eigenvalue weighted by molar-refractivity contribution is -0.119. The summed E-state index contributed by atoms with van der Waals surface area (Å²) in [5.41, 5.74) is 1.93. The number of benzene rings is 3. The number of anilines is 1. The van der Waals surface area contributed by atoms with E-state index >= 15 is 0 Å². The summed E-state index contributed by atoms with van der Waals surface area (Å²) in [6, 6.07) is 22.0. The van der Waals surface area contributed by atoms with Gasteiger partial charge in [0.05, 0.1) is 10.6 Å². The van der Waals surface area contributed by atoms with Gasteiger partial charge >= 0.3 is 0 Å². The summed E-state index contributed by atoms with van der Waals surface area (Å²) in [4.78, 5) is 13.1. The van der Waals surface area contributed by atoms with Gasteiger partial charge in [0.15, 0.2) is 6.61 Å². The third kappa shape index (κ3) is 4.07. The Kier molecular flexibility index (Phi) is 5.80. The molecule has 0 saturated heterocycles. The van der Waals surface area contributed by atoms with Crippen molar-refractivity contribution in [3.8, 4) is 5.75 Å². The van der Waals surface area contributed by atoms with E-state index in [4.69, 9.17) is 4.74 Å². The molecule has 0 bridgehead atoms. The van der Waals surface area contributed by atoms with E-state index in [2.05, 4.69) is 0 Å². The Morgan fingerprint density at radius 1 is 0.857 bits per heavy atom. The Hall–Kier alpha value is -3.12. The van der Waals surface area contributed by atoms with Crippen molar-refractivity contribution in [2.45, 2.75) is 18.7 Å². The first-order chi connectivity index (χ1) is 13.4. The smallest absolute Gasteiger partial charge is 0.278 e. The largest absolute Gasteiger partial charge is 0.484 e. The van der Waals surface area contributed by atoms with Gasteiger partial charge in [0.1, 0.15) is 5.75 Å². The number of hydrogen-bond acceptors (Lipinski definition) is 4. The summed E-state index contributed by atoms with van der Waals surface area (Å²) < 4.78 is 33.0. The van der Waals surface area contributed by atoms with Gasteiger partial charge < -0.3 is 4.74 Å². The number of rotatable bonds is 6. The minimum atomic E-state index is -4.09. The minimum Gasteiger partial charge on any atom is -0.484 e. The molecule has 144 valence electrons. The highest BCUT2D eigenvalue weighted by Crippen LogP contribution is 2.29. The van der Waals surface area contributed by atoms with Gasteiger partial charge in [-0.05, 0) is 55.3 Å². The van der Waals surface area contributed by atoms with Crippen LogP contribution in [0.5, 0.6) is 5.75 Å². The van der Waals surface area contributed by atoms with Gasteiger partial charge in [-0.1, -0.05) is 48.5 Å². The molecular formula is C22H21NO4S. The average Bonchev–Trinajstić information content (AvgIpc) is 2.71. The molecule has 0 unspecified atom stereocenters. The molecule has 1 amide bonds. The van der Waals surface area contributed by atoms with E-state index in [1.54, 1.807) is 61.5 Å². The van der Waals surface area contributed by atoms with Crippen LogP contribution in [0.15, 0.2) is 83.8 Å². The van der Waals surface area contributed by atoms with E-state index in [0.717, 1.165) is 15.4 Å². The number of sulfonamides is 1. The maximum Gasteiger partial charge on any atom is 0.278 e. The molecule has 3 aromatic carbocycles. The standard InChI is InChI=1S/C22H21NO4S/c1-17-10-9-15-21(18(17)2)23(28(25,26)20-13-7-4-8-14-20)22(24)16-27-19-11-5-3-6-12-19/h3-15H,16H2,1-2H3. The second-order valence-corrected chi connectivity index (χ2v) is 8.08. The normalized spacial score (nSPS) is 11.1. The molecule has 0 radical (unpaired) electrons. The van der Waals surface area contributed by atoms with Crippen molar-refractivity contribution in [2.75, 3.05) is 10.9 Å². The predicted molar refractivity (Wildman–Crippen MR) is 109 cm³/mol. The number of amides is 1. The van der Waals surface area contributed by atoms with E-state index in [1.165, 1.54) is 12.1 Å². The zero-order chi connectivity index (χ0) is 20.1. The van der Waals surface area contributed by atoms with Crippen LogP contribution in [0.25, 0.3) is 0 Å². The van der Waals surface area contributed by atoms with Crippen molar-refractivity contribution in [2.24, 2.45) is 0 Å². The zero-order valence-corrected chi connectivity index (χ0v) is 16.5. The first kappa shape index (κ1) is 19.6. The van der Waals surface area contributed by atoms with E-state index in [0.29, 0.717) is 11.4 Å². The lowest BCUT2D eigenvalue weighted by atomic mass is 10.1. The van der Waals surface area contributed by atoms with Crippen LogP contribution in [-0.4, -0.2) is 20.9 Å². The maximum atomic E-state index is 13.3. The Bertz CT molecular complexity index is 1060. The minimum absolute atomic E-state index is 0.0453. The van der Waals surface area contributed by atoms with Gasteiger partial charge in [0.2, 0.25) is 0 Å². The van der Waals surface area contributed by atoms with Crippen molar-refractivity contribution in [1.82, 2.24) is 0 Å². The Labute approximate surface area is 165 Å². The summed E-state index contributed by atoms with van der Waals surface area (Å²) in [6.45, 7) is 3.27. The molecule has 3 rings (SSSR count). The summed E-state index contributed by atoms with van der Waals surface area (Å²) in [5, 5.41) is 0. The molecule has 0 aromatic heterocycles. The van der Waals surface area contributed by atoms with E-state index in [1.807, 2.05) is 19.1 Å². The molecule has 0 spiro atoms. The van der Waals surface area contributed by atoms with Crippen molar-refractivity contribution < 1.29 is 17.9 Å². The number of carbonyl (C=O) groups is 1. The number of ether oxygens (including phenoxy) is 1. The van der Waals surface area contributed by atoms with Crippen LogP contribution in [0.2, 0.25) is 0 Å². The van der Waals surface area contributed by atoms with Gasteiger partial charge in [-0.15, -0.1) is 0 Å². The lowest BCUT2D eigenvalue weighted by Crippen LogP contribution is -2.40. The van der Waals surface area contributed by atoms with Crippen LogP contribution in [0, 0.1) is 13.8 Å². The second kappa shape index (κ2) is 8.27. The third-order valence-corrected chi connectivity index (χ3v) is 6.16. The molecule has 0 aliphatic rings. The molecule has 0 heterocycles. The monoisotopic (exact) mass is 395 g/mol. The van der Waals surface area contributed by atoms with Gasteiger partial charge in [0, 0.05) is 0 Å². The predicted octanol–water partition coefficient (Wildman–Crippen LogP) is 4.10. The summed E-state index contributed by atoms with van der Waals surface area (Å²) >= 11 is 0. The Balaban J connectivity index is 2.02. The van der Waals surface area contributed by atoms with Gasteiger partial charge in [-0.25, -0.2) is 8.42 Å². The summed E-state index contributed by atoms with van der Waals surface area (Å²) in [5.74, 6) is -0.171. The van der Waals surface area contributed by atoms with Crippen LogP contribution in [0.1, 0.15) is 11.1 Å². The molecule has 6 heteroatoms. The van der Waals surface area contributed by atoms with E-state index in [9.17, 15) is 13.2 Å². The fourth-order valence-electron chi connectivity index (χ4n) is 2.77. The van der Waals surface area contributed by atoms with Crippen LogP contribution in [0.3, 0.4) is 0 Å². The quantitative estimate of drug-likeness (QED) is 0.630. The fraction of sp³-hybridized carbons (Fsp3) is 0.136. The van der Waals surface area contributed by atoms with Crippen molar-refractivity contribution >= 4 is 21.6 Å². The molecule has 0 N–H and O–H groups in total. The van der Waals surface area contributed by atoms with Crippen LogP contribution in [0.4, 0.5) is 5.69 Å². The van der Waals surface area contributed by atoms with E-state index in [-0.39, 0.29) is 4.90 Å². The maximum absolute atomic E-state index is 13.3. The number of nitrogens with zero attached hydrogens (tertiary/aromatic N) is 1. The first-order valence-corrected chi connectivity index (χ1v) is 10.2. The lowest BCUT2D eigenvalue weighted by Gasteiger charge is -2.25. The van der Waals surface area contributed by atoms with Crippen LogP contribution in [-0.2, 0) is 14.8 Å². The fourth-order valence-corrected chi connectivity index (χ4v) is 4.26. The van der Waals surface area contributed by atoms with Crippen molar-refractivity contribution in [3.05, 3.63) is 90.0 Å². The highest BCUT2D eigenvalue weighted by molar-refractivity contribution is 7.93. The number of carbonyl (C=O) groups excluding carboxylic acids is 1. The number of hydrogen-bond donors (Lipinski definition) is 0. The Morgan fingerprint density at radius 3 is 2.11 bits per heavy atom. The van der Waals surface area contributed by atoms with E-state index < -0.39 is 22.5 Å². The topological polar surface area (TPSA) is 63.7 Å². The number of para-hydroxylation sites is 1. The van der Waals surface area contributed by atoms with Crippen LogP contribution < -0.4 is 9.04 Å². The van der Waals surface area contributed by atoms with Gasteiger partial charge in [-0.3, -0.25) is 4.79 Å². The van der Waals surface area contributed by atoms with Crippen LogP contribution >= 0.6 is 0 Å². The molecule has 3 aromatic rings. The summed E-state index contributed by atoms with van der Waals surface area (Å²) in [6.07, 6.45) is 0. The molecule has 0 atom stereocenters. The van der Waals surface area contributed by atoms with Crippen molar-refractivity contribution in [3.63, 3.8) is 0 Å². The zero-order valence-electron chi connectivity index (χ0n) is 15.7. The molecule has 0 fully saturated rings. The summed E-state index contributed by atoms with van der Waals surface area (Å²) in [7, 11) is -4.09. The Morgan fingerprint density at radius 2 is 1.46 bits per heavy atom. The highest BCUT2D eigenvalue weighted by Gasteiger charge is 2.32. The molecule has 0 aliphatic carbocycles. The average molecular weight is 395 g/mol. The number of aryl methyl sites for hydroxylation is 1. The second-order valence-electron chi connectivity index (χ2n) is 6.30. The molecule has 28 heavy (non-hydrogen) atoms. The first-order valence-electron chi connectivity index (χ1n) is 8.78. The van der Waals surface area contributed by atoms with Gasteiger partial charge in [-0.2, -0.15) is 4.31 Å². The molecule has 0 aliphatic heterocycles. The SMILES string of the molecule is Cc1cccc(N(C(=O)COc2ccccc2)S(=O)(=O)c2ccccc2)c1C.